The third kappa shape index (κ3) is 5.43. The standard InChI is InChI=1S/C29H28F6N4O3/c1-38(2)15-19-23(28(30,31)32)26(19,11-21(40)17-7-5-9-36-13-17)25(42)27(12-22(41)18-8-6-10-37-14-18)20(16-39(3)4)24(27)29(33,34)35/h5-10,13-16,23-24H,11-12H2,1-4H3. The summed E-state index contributed by atoms with van der Waals surface area (Å²) in [4.78, 5) is 51.3. The second kappa shape index (κ2) is 10.7. The lowest BCUT2D eigenvalue weighted by Crippen LogP contribution is -2.37. The lowest BCUT2D eigenvalue weighted by molar-refractivity contribution is -0.169. The second-order valence-corrected chi connectivity index (χ2v) is 11.0. The molecule has 0 spiro atoms. The number of hydrogen-bond donors (Lipinski definition) is 0. The van der Waals surface area contributed by atoms with Crippen LogP contribution in [0.15, 0.2) is 72.6 Å². The first-order valence-corrected chi connectivity index (χ1v) is 12.8. The van der Waals surface area contributed by atoms with Crippen LogP contribution >= 0.6 is 0 Å². The maximum Gasteiger partial charge on any atom is 0.396 e. The molecule has 0 bridgehead atoms. The monoisotopic (exact) mass is 594 g/mol. The summed E-state index contributed by atoms with van der Waals surface area (Å²) in [6.45, 7) is 0. The fourth-order valence-corrected chi connectivity index (χ4v) is 5.90. The molecule has 42 heavy (non-hydrogen) atoms. The zero-order valence-electron chi connectivity index (χ0n) is 23.1. The Morgan fingerprint density at radius 3 is 1.36 bits per heavy atom. The summed E-state index contributed by atoms with van der Waals surface area (Å²) in [6.07, 6.45) is -5.34. The third-order valence-electron chi connectivity index (χ3n) is 7.58. The van der Waals surface area contributed by atoms with Crippen LogP contribution in [0, 0.1) is 22.7 Å². The van der Waals surface area contributed by atoms with Crippen molar-refractivity contribution in [2.24, 2.45) is 22.7 Å². The number of aromatic nitrogens is 2. The summed E-state index contributed by atoms with van der Waals surface area (Å²) < 4.78 is 87.4. The first kappa shape index (κ1) is 30.9. The van der Waals surface area contributed by atoms with Crippen LogP contribution < -0.4 is 0 Å². The number of pyridine rings is 2. The van der Waals surface area contributed by atoms with Gasteiger partial charge in [0.05, 0.1) is 22.7 Å². The van der Waals surface area contributed by atoms with E-state index in [4.69, 9.17) is 0 Å². The van der Waals surface area contributed by atoms with Crippen LogP contribution in [-0.4, -0.2) is 77.7 Å². The lowest BCUT2D eigenvalue weighted by atomic mass is 9.76. The largest absolute Gasteiger partial charge is 0.396 e. The molecule has 2 aromatic rings. The molecule has 0 N–H and O–H groups in total. The minimum Gasteiger partial charge on any atom is -0.383 e. The van der Waals surface area contributed by atoms with E-state index in [2.05, 4.69) is 9.97 Å². The van der Waals surface area contributed by atoms with Crippen molar-refractivity contribution < 1.29 is 40.7 Å². The molecule has 4 rings (SSSR count). The highest BCUT2D eigenvalue weighted by Crippen LogP contribution is 2.77. The minimum absolute atomic E-state index is 0.102. The van der Waals surface area contributed by atoms with E-state index in [0.717, 1.165) is 24.8 Å². The van der Waals surface area contributed by atoms with Gasteiger partial charge in [0, 0.05) is 76.9 Å². The molecule has 0 saturated heterocycles. The maximum atomic E-state index is 14.6. The number of carbonyl (C=O) groups is 3. The molecule has 0 radical (unpaired) electrons. The molecule has 2 heterocycles. The van der Waals surface area contributed by atoms with E-state index in [1.54, 1.807) is 0 Å². The molecule has 0 amide bonds. The molecule has 2 saturated carbocycles. The molecule has 224 valence electrons. The fourth-order valence-electron chi connectivity index (χ4n) is 5.90. The van der Waals surface area contributed by atoms with Crippen molar-refractivity contribution in [3.63, 3.8) is 0 Å². The topological polar surface area (TPSA) is 83.5 Å². The van der Waals surface area contributed by atoms with Crippen molar-refractivity contribution in [1.82, 2.24) is 19.8 Å². The van der Waals surface area contributed by atoms with E-state index in [0.29, 0.717) is 0 Å². The Hall–Kier alpha value is -4.03. The first-order chi connectivity index (χ1) is 19.5. The number of alkyl halides is 6. The number of ketones is 3. The van der Waals surface area contributed by atoms with Gasteiger partial charge in [-0.05, 0) is 47.8 Å². The summed E-state index contributed by atoms with van der Waals surface area (Å²) in [6, 6.07) is 5.34. The van der Waals surface area contributed by atoms with Gasteiger partial charge in [0.15, 0.2) is 17.3 Å². The Balaban J connectivity index is 1.95. The number of Topliss-reactive ketones (excluding diaryl/α,β-unsaturated/α-hetero) is 3. The SMILES string of the molecule is CN(C)C=C1C(C(F)(F)F)C1(CC(=O)c1cccnc1)C(=O)C1(CC(=O)c2cccnc2)C(=CN(C)C)C1C(F)(F)F. The molecule has 2 fully saturated rings. The van der Waals surface area contributed by atoms with Crippen LogP contribution in [0.4, 0.5) is 26.3 Å². The van der Waals surface area contributed by atoms with Gasteiger partial charge in [-0.1, -0.05) is 0 Å². The van der Waals surface area contributed by atoms with Gasteiger partial charge in [-0.15, -0.1) is 0 Å². The van der Waals surface area contributed by atoms with Crippen LogP contribution in [0.2, 0.25) is 0 Å². The van der Waals surface area contributed by atoms with Crippen LogP contribution in [-0.2, 0) is 4.79 Å². The minimum atomic E-state index is -5.07. The first-order valence-electron chi connectivity index (χ1n) is 12.8. The Morgan fingerprint density at radius 1 is 0.738 bits per heavy atom. The van der Waals surface area contributed by atoms with Crippen molar-refractivity contribution in [2.75, 3.05) is 28.2 Å². The molecule has 0 aromatic carbocycles. The van der Waals surface area contributed by atoms with Gasteiger partial charge in [-0.2, -0.15) is 26.3 Å². The number of nitrogens with zero attached hydrogens (tertiary/aromatic N) is 4. The lowest BCUT2D eigenvalue weighted by Gasteiger charge is -2.24. The van der Waals surface area contributed by atoms with Crippen LogP contribution in [0.5, 0.6) is 0 Å². The quantitative estimate of drug-likeness (QED) is 0.278. The normalized spacial score (nSPS) is 27.1. The number of allylic oxidation sites excluding steroid dienone is 2. The van der Waals surface area contributed by atoms with Gasteiger partial charge in [0.1, 0.15) is 0 Å². The molecule has 7 nitrogen and oxygen atoms in total. The van der Waals surface area contributed by atoms with Gasteiger partial charge in [0.25, 0.3) is 0 Å². The molecule has 4 atom stereocenters. The summed E-state index contributed by atoms with van der Waals surface area (Å²) in [7, 11) is 5.58. The predicted octanol–water partition coefficient (Wildman–Crippen LogP) is 5.14. The van der Waals surface area contributed by atoms with E-state index in [-0.39, 0.29) is 11.1 Å². The van der Waals surface area contributed by atoms with Crippen molar-refractivity contribution >= 4 is 17.3 Å². The number of hydrogen-bond acceptors (Lipinski definition) is 7. The van der Waals surface area contributed by atoms with E-state index < -0.39 is 76.4 Å². The third-order valence-corrected chi connectivity index (χ3v) is 7.58. The molecule has 2 aromatic heterocycles. The van der Waals surface area contributed by atoms with Crippen molar-refractivity contribution in [2.45, 2.75) is 25.2 Å². The average molecular weight is 595 g/mol. The van der Waals surface area contributed by atoms with Gasteiger partial charge in [0.2, 0.25) is 0 Å². The zero-order valence-corrected chi connectivity index (χ0v) is 23.1. The molecule has 2 aliphatic carbocycles. The second-order valence-electron chi connectivity index (χ2n) is 11.0. The number of rotatable bonds is 10. The number of carbonyl (C=O) groups excluding carboxylic acids is 3. The maximum absolute atomic E-state index is 14.6. The number of halogens is 6. The fraction of sp³-hybridized carbons (Fsp3) is 0.414. The van der Waals surface area contributed by atoms with Gasteiger partial charge in [-0.3, -0.25) is 24.4 Å². The molecule has 0 aliphatic heterocycles. The average Bonchev–Trinajstić information content (AvgIpc) is 3.74. The van der Waals surface area contributed by atoms with Crippen molar-refractivity contribution in [3.8, 4) is 0 Å². The van der Waals surface area contributed by atoms with Gasteiger partial charge in [-0.25, -0.2) is 0 Å². The molecule has 2 aliphatic rings. The summed E-state index contributed by atoms with van der Waals surface area (Å²) in [5.74, 6) is -8.31. The van der Waals surface area contributed by atoms with E-state index in [9.17, 15) is 40.7 Å². The van der Waals surface area contributed by atoms with Gasteiger partial charge < -0.3 is 9.80 Å². The van der Waals surface area contributed by atoms with Crippen LogP contribution in [0.25, 0.3) is 0 Å². The van der Waals surface area contributed by atoms with E-state index in [1.165, 1.54) is 74.6 Å². The molecule has 4 unspecified atom stereocenters. The molecular weight excluding hydrogens is 566 g/mol. The van der Waals surface area contributed by atoms with E-state index >= 15 is 0 Å². The summed E-state index contributed by atoms with van der Waals surface area (Å²) >= 11 is 0. The van der Waals surface area contributed by atoms with E-state index in [1.807, 2.05) is 0 Å². The molecular formula is C29H28F6N4O3. The molecule has 13 heteroatoms. The summed E-state index contributed by atoms with van der Waals surface area (Å²) in [5.41, 5.74) is -6.62. The van der Waals surface area contributed by atoms with Crippen molar-refractivity contribution in [3.05, 3.63) is 83.7 Å². The Morgan fingerprint density at radius 2 is 1.10 bits per heavy atom. The Kier molecular flexibility index (Phi) is 7.85. The zero-order chi connectivity index (χ0) is 31.3. The Bertz CT molecular complexity index is 1330. The van der Waals surface area contributed by atoms with Crippen molar-refractivity contribution in [1.29, 1.82) is 0 Å². The van der Waals surface area contributed by atoms with Crippen LogP contribution in [0.1, 0.15) is 33.6 Å². The predicted molar refractivity (Wildman–Crippen MR) is 139 cm³/mol. The highest BCUT2D eigenvalue weighted by molar-refractivity contribution is 6.12. The Labute approximate surface area is 237 Å². The van der Waals surface area contributed by atoms with Crippen LogP contribution in [0.3, 0.4) is 0 Å². The smallest absolute Gasteiger partial charge is 0.383 e. The highest BCUT2D eigenvalue weighted by Gasteiger charge is 2.84. The van der Waals surface area contributed by atoms with Gasteiger partial charge >= 0.3 is 12.4 Å². The highest BCUT2D eigenvalue weighted by atomic mass is 19.4. The summed E-state index contributed by atoms with van der Waals surface area (Å²) in [5, 5.41) is 0.